The monoisotopic (exact) mass is 624 g/mol. The van der Waals surface area contributed by atoms with Crippen molar-refractivity contribution in [2.45, 2.75) is 0 Å². The number of hydrogen-bond acceptors (Lipinski definition) is 12. The molecule has 5 rings (SSSR count). The maximum Gasteiger partial charge on any atom is 0.343 e. The lowest BCUT2D eigenvalue weighted by atomic mass is 10.1. The molecular weight excluding hydrogens is 604 g/mol. The summed E-state index contributed by atoms with van der Waals surface area (Å²) < 4.78 is 20.6. The quantitative estimate of drug-likeness (QED) is 0.183. The molecule has 2 aliphatic heterocycles. The Morgan fingerprint density at radius 1 is 0.413 bits per heavy atom. The molecule has 14 heteroatoms. The molecule has 0 spiro atoms. The summed E-state index contributed by atoms with van der Waals surface area (Å²) >= 11 is 0. The fourth-order valence-corrected chi connectivity index (χ4v) is 3.92. The van der Waals surface area contributed by atoms with E-state index in [2.05, 4.69) is 0 Å². The highest BCUT2D eigenvalue weighted by molar-refractivity contribution is 6.13. The first-order valence-electron chi connectivity index (χ1n) is 13.2. The summed E-state index contributed by atoms with van der Waals surface area (Å²) in [6.45, 7) is -1.09. The average Bonchev–Trinajstić information content (AvgIpc) is 3.57. The van der Waals surface area contributed by atoms with Gasteiger partial charge in [0, 0.05) is 24.3 Å². The Bertz CT molecular complexity index is 1650. The van der Waals surface area contributed by atoms with Crippen LogP contribution in [0.5, 0.6) is 11.5 Å². The van der Waals surface area contributed by atoms with Crippen molar-refractivity contribution in [3.63, 3.8) is 0 Å². The molecule has 0 unspecified atom stereocenters. The number of nitrogens with zero attached hydrogens (tertiary/aromatic N) is 2. The summed E-state index contributed by atoms with van der Waals surface area (Å²) in [4.78, 5) is 97.2. The van der Waals surface area contributed by atoms with Gasteiger partial charge in [0.1, 0.15) is 11.5 Å². The van der Waals surface area contributed by atoms with Gasteiger partial charge in [-0.2, -0.15) is 0 Å². The molecule has 0 saturated heterocycles. The smallest absolute Gasteiger partial charge is 0.343 e. The summed E-state index contributed by atoms with van der Waals surface area (Å²) in [5.41, 5.74) is 0.386. The summed E-state index contributed by atoms with van der Waals surface area (Å²) in [5.74, 6) is -5.19. The summed E-state index contributed by atoms with van der Waals surface area (Å²) in [6, 6.07) is 16.2. The molecule has 2 heterocycles. The number of imide groups is 2. The van der Waals surface area contributed by atoms with E-state index in [4.69, 9.17) is 18.9 Å². The molecule has 2 aliphatic rings. The third-order valence-corrected chi connectivity index (χ3v) is 6.41. The summed E-state index contributed by atoms with van der Waals surface area (Å²) in [5, 5.41) is 0. The van der Waals surface area contributed by atoms with Gasteiger partial charge < -0.3 is 18.9 Å². The van der Waals surface area contributed by atoms with Crippen LogP contribution in [0.3, 0.4) is 0 Å². The maximum absolute atomic E-state index is 12.5. The van der Waals surface area contributed by atoms with E-state index >= 15 is 0 Å². The van der Waals surface area contributed by atoms with Crippen molar-refractivity contribution in [3.8, 4) is 11.5 Å². The SMILES string of the molecule is O=C(OCN1C(=O)C=CC1=O)c1ccc(C(=O)Oc2ccc(OC(=O)c3ccc(C(=O)OCN4C(=O)C=CC4=O)cc3)cc2)cc1. The lowest BCUT2D eigenvalue weighted by Crippen LogP contribution is -2.33. The van der Waals surface area contributed by atoms with Gasteiger partial charge in [0.25, 0.3) is 23.6 Å². The van der Waals surface area contributed by atoms with E-state index in [9.17, 15) is 38.4 Å². The molecule has 0 atom stereocenters. The van der Waals surface area contributed by atoms with E-state index in [1.54, 1.807) is 0 Å². The zero-order valence-corrected chi connectivity index (χ0v) is 23.4. The van der Waals surface area contributed by atoms with Gasteiger partial charge in [0.15, 0.2) is 13.5 Å². The highest BCUT2D eigenvalue weighted by Gasteiger charge is 2.26. The second-order valence-corrected chi connectivity index (χ2v) is 9.40. The van der Waals surface area contributed by atoms with E-state index in [-0.39, 0.29) is 33.8 Å². The Hall–Kier alpha value is -6.70. The maximum atomic E-state index is 12.5. The Morgan fingerprint density at radius 3 is 0.957 bits per heavy atom. The Kier molecular flexibility index (Phi) is 8.89. The lowest BCUT2D eigenvalue weighted by Gasteiger charge is -2.13. The second-order valence-electron chi connectivity index (χ2n) is 9.40. The summed E-state index contributed by atoms with van der Waals surface area (Å²) in [7, 11) is 0. The number of ether oxygens (including phenoxy) is 4. The Labute approximate surface area is 259 Å². The largest absolute Gasteiger partial charge is 0.440 e. The number of amides is 4. The normalized spacial score (nSPS) is 13.7. The first kappa shape index (κ1) is 30.7. The fourth-order valence-electron chi connectivity index (χ4n) is 3.92. The number of benzene rings is 3. The van der Waals surface area contributed by atoms with Gasteiger partial charge in [-0.15, -0.1) is 0 Å². The topological polar surface area (TPSA) is 180 Å². The van der Waals surface area contributed by atoms with Crippen LogP contribution in [0.1, 0.15) is 41.4 Å². The van der Waals surface area contributed by atoms with Crippen LogP contribution >= 0.6 is 0 Å². The second kappa shape index (κ2) is 13.3. The van der Waals surface area contributed by atoms with E-state index in [1.807, 2.05) is 0 Å². The first-order chi connectivity index (χ1) is 22.1. The van der Waals surface area contributed by atoms with Crippen molar-refractivity contribution in [1.29, 1.82) is 0 Å². The number of rotatable bonds is 10. The third-order valence-electron chi connectivity index (χ3n) is 6.41. The van der Waals surface area contributed by atoms with Gasteiger partial charge in [-0.25, -0.2) is 29.0 Å². The van der Waals surface area contributed by atoms with Crippen LogP contribution in [-0.4, -0.2) is 70.8 Å². The van der Waals surface area contributed by atoms with E-state index in [0.29, 0.717) is 0 Å². The average molecular weight is 625 g/mol. The van der Waals surface area contributed by atoms with Gasteiger partial charge in [-0.3, -0.25) is 19.2 Å². The Morgan fingerprint density at radius 2 is 0.674 bits per heavy atom. The number of carbonyl (C=O) groups excluding carboxylic acids is 8. The molecule has 0 N–H and O–H groups in total. The van der Waals surface area contributed by atoms with Crippen LogP contribution < -0.4 is 9.47 Å². The molecule has 3 aromatic carbocycles. The van der Waals surface area contributed by atoms with Crippen LogP contribution in [0, 0.1) is 0 Å². The zero-order chi connectivity index (χ0) is 32.8. The van der Waals surface area contributed by atoms with Crippen molar-refractivity contribution in [1.82, 2.24) is 9.80 Å². The molecule has 3 aromatic rings. The van der Waals surface area contributed by atoms with Crippen molar-refractivity contribution < 1.29 is 57.3 Å². The van der Waals surface area contributed by atoms with Gasteiger partial charge in [0.2, 0.25) is 0 Å². The highest BCUT2D eigenvalue weighted by atomic mass is 16.6. The van der Waals surface area contributed by atoms with E-state index in [0.717, 1.165) is 34.1 Å². The van der Waals surface area contributed by atoms with Gasteiger partial charge >= 0.3 is 23.9 Å². The van der Waals surface area contributed by atoms with Crippen molar-refractivity contribution in [3.05, 3.63) is 119 Å². The van der Waals surface area contributed by atoms with Gasteiger partial charge in [0.05, 0.1) is 22.3 Å². The molecule has 0 aliphatic carbocycles. The zero-order valence-electron chi connectivity index (χ0n) is 23.4. The summed E-state index contributed by atoms with van der Waals surface area (Å²) in [6.07, 6.45) is 4.25. The van der Waals surface area contributed by atoms with Crippen molar-refractivity contribution >= 4 is 47.5 Å². The molecule has 4 amide bonds. The molecular formula is C32H20N2O12. The standard InChI is InChI=1S/C32H20N2O12/c35-25-13-14-26(36)33(25)17-43-29(39)19-1-5-21(6-2-19)31(41)45-23-9-11-24(12-10-23)46-32(42)22-7-3-20(4-8-22)30(40)44-18-34-27(37)15-16-28(34)38/h1-16H,17-18H2. The predicted molar refractivity (Wildman–Crippen MR) is 152 cm³/mol. The first-order valence-corrected chi connectivity index (χ1v) is 13.2. The van der Waals surface area contributed by atoms with Crippen LogP contribution in [0.15, 0.2) is 97.1 Å². The molecule has 0 saturated carbocycles. The van der Waals surface area contributed by atoms with Gasteiger partial charge in [-0.05, 0) is 72.8 Å². The third kappa shape index (κ3) is 7.08. The molecule has 14 nitrogen and oxygen atoms in total. The number of hydrogen-bond donors (Lipinski definition) is 0. The Balaban J connectivity index is 1.08. The van der Waals surface area contributed by atoms with Gasteiger partial charge in [-0.1, -0.05) is 0 Å². The van der Waals surface area contributed by atoms with Crippen LogP contribution in [-0.2, 0) is 28.7 Å². The highest BCUT2D eigenvalue weighted by Crippen LogP contribution is 2.21. The number of carbonyl (C=O) groups is 8. The fraction of sp³-hybridized carbons (Fsp3) is 0.0625. The van der Waals surface area contributed by atoms with Crippen molar-refractivity contribution in [2.24, 2.45) is 0 Å². The van der Waals surface area contributed by atoms with Crippen LogP contribution in [0.25, 0.3) is 0 Å². The predicted octanol–water partition coefficient (Wildman–Crippen LogP) is 2.20. The molecule has 0 aromatic heterocycles. The molecule has 230 valence electrons. The number of esters is 4. The minimum Gasteiger partial charge on any atom is -0.440 e. The lowest BCUT2D eigenvalue weighted by molar-refractivity contribution is -0.142. The van der Waals surface area contributed by atoms with Crippen LogP contribution in [0.2, 0.25) is 0 Å². The van der Waals surface area contributed by atoms with Crippen LogP contribution in [0.4, 0.5) is 0 Å². The molecule has 0 radical (unpaired) electrons. The van der Waals surface area contributed by atoms with Crippen molar-refractivity contribution in [2.75, 3.05) is 13.5 Å². The molecule has 0 bridgehead atoms. The molecule has 46 heavy (non-hydrogen) atoms. The minimum atomic E-state index is -0.806. The molecule has 0 fully saturated rings. The minimum absolute atomic E-state index is 0.0787. The van der Waals surface area contributed by atoms with E-state index in [1.165, 1.54) is 72.8 Å². The van der Waals surface area contributed by atoms with E-state index < -0.39 is 61.0 Å².